The number of carbonyl (C=O) groups excluding carboxylic acids is 2. The highest BCUT2D eigenvalue weighted by atomic mass is 19.4. The van der Waals surface area contributed by atoms with E-state index in [0.29, 0.717) is 0 Å². The first-order valence-corrected chi connectivity index (χ1v) is 8.67. The number of aliphatic hydroxyl groups is 1. The molecule has 0 radical (unpaired) electrons. The monoisotopic (exact) mass is 372 g/mol. The smallest absolute Gasteiger partial charge is 0.375 e. The molecule has 3 N–H and O–H groups in total. The Hall–Kier alpha value is -2.09. The van der Waals surface area contributed by atoms with Crippen molar-refractivity contribution in [1.29, 1.82) is 0 Å². The highest BCUT2D eigenvalue weighted by Crippen LogP contribution is 2.38. The third-order valence-electron chi connectivity index (χ3n) is 4.62. The van der Waals surface area contributed by atoms with Gasteiger partial charge in [-0.05, 0) is 18.4 Å². The summed E-state index contributed by atoms with van der Waals surface area (Å²) in [6.07, 6.45) is 0.482. The Morgan fingerprint density at radius 3 is 2.12 bits per heavy atom. The third-order valence-corrected chi connectivity index (χ3v) is 4.62. The maximum atomic E-state index is 13.4. The van der Waals surface area contributed by atoms with Gasteiger partial charge in [-0.25, -0.2) is 0 Å². The van der Waals surface area contributed by atoms with Gasteiger partial charge in [0.2, 0.25) is 5.60 Å². The van der Waals surface area contributed by atoms with E-state index in [4.69, 9.17) is 0 Å². The predicted molar refractivity (Wildman–Crippen MR) is 89.0 cm³/mol. The molecule has 0 aliphatic heterocycles. The topological polar surface area (TPSA) is 78.4 Å². The first-order chi connectivity index (χ1) is 12.2. The molecule has 0 aromatic heterocycles. The van der Waals surface area contributed by atoms with Crippen molar-refractivity contribution in [1.82, 2.24) is 10.6 Å². The summed E-state index contributed by atoms with van der Waals surface area (Å²) in [5, 5.41) is 14.6. The summed E-state index contributed by atoms with van der Waals surface area (Å²) in [4.78, 5) is 23.8. The van der Waals surface area contributed by atoms with Crippen LogP contribution in [0.15, 0.2) is 30.3 Å². The molecule has 1 aromatic rings. The quantitative estimate of drug-likeness (QED) is 0.561. The minimum Gasteiger partial charge on any atom is -0.375 e. The number of benzene rings is 1. The number of hydrogen-bond acceptors (Lipinski definition) is 3. The molecule has 1 fully saturated rings. The van der Waals surface area contributed by atoms with E-state index in [1.165, 1.54) is 18.2 Å². The van der Waals surface area contributed by atoms with Gasteiger partial charge >= 0.3 is 18.0 Å². The molecule has 8 heteroatoms. The second-order valence-corrected chi connectivity index (χ2v) is 6.57. The van der Waals surface area contributed by atoms with Gasteiger partial charge in [-0.3, -0.25) is 9.59 Å². The zero-order valence-electron chi connectivity index (χ0n) is 14.3. The van der Waals surface area contributed by atoms with Gasteiger partial charge in [0.1, 0.15) is 0 Å². The van der Waals surface area contributed by atoms with E-state index in [1.807, 2.05) is 5.32 Å². The molecule has 26 heavy (non-hydrogen) atoms. The number of amides is 2. The van der Waals surface area contributed by atoms with E-state index in [0.717, 1.165) is 50.7 Å². The van der Waals surface area contributed by atoms with Crippen molar-refractivity contribution < 1.29 is 27.9 Å². The van der Waals surface area contributed by atoms with Crippen LogP contribution in [-0.4, -0.2) is 35.7 Å². The summed E-state index contributed by atoms with van der Waals surface area (Å²) < 4.78 is 40.1. The van der Waals surface area contributed by atoms with Crippen LogP contribution in [0.25, 0.3) is 0 Å². The average Bonchev–Trinajstić information content (AvgIpc) is 2.87. The fourth-order valence-electron chi connectivity index (χ4n) is 3.04. The molecule has 1 saturated carbocycles. The van der Waals surface area contributed by atoms with E-state index in [2.05, 4.69) is 5.32 Å². The fourth-order valence-corrected chi connectivity index (χ4v) is 3.04. The van der Waals surface area contributed by atoms with E-state index < -0.39 is 35.7 Å². The molecule has 0 heterocycles. The van der Waals surface area contributed by atoms with Gasteiger partial charge in [0, 0.05) is 6.04 Å². The molecule has 1 atom stereocenters. The zero-order valence-corrected chi connectivity index (χ0v) is 14.3. The number of halogens is 3. The van der Waals surface area contributed by atoms with E-state index in [1.54, 1.807) is 0 Å². The Morgan fingerprint density at radius 1 is 1.00 bits per heavy atom. The molecule has 1 unspecified atom stereocenters. The lowest BCUT2D eigenvalue weighted by molar-refractivity contribution is -0.264. The Bertz CT molecular complexity index is 614. The summed E-state index contributed by atoms with van der Waals surface area (Å²) in [5.74, 6) is -2.16. The van der Waals surface area contributed by atoms with Gasteiger partial charge in [-0.1, -0.05) is 56.0 Å². The summed E-state index contributed by atoms with van der Waals surface area (Å²) in [7, 11) is 0. The molecule has 144 valence electrons. The predicted octanol–water partition coefficient (Wildman–Crippen LogP) is 2.39. The zero-order chi connectivity index (χ0) is 19.2. The average molecular weight is 372 g/mol. The van der Waals surface area contributed by atoms with Crippen LogP contribution in [0.4, 0.5) is 13.2 Å². The van der Waals surface area contributed by atoms with Crippen molar-refractivity contribution in [3.8, 4) is 0 Å². The lowest BCUT2D eigenvalue weighted by Crippen LogP contribution is -2.53. The van der Waals surface area contributed by atoms with Crippen LogP contribution in [0.2, 0.25) is 0 Å². The maximum absolute atomic E-state index is 13.4. The first kappa shape index (κ1) is 20.2. The number of carbonyl (C=O) groups is 2. The standard InChI is InChI=1S/C18H23F3N2O3/c19-18(20,21)17(26,13-8-4-3-5-9-13)12-22-15(24)16(25)23-14-10-6-1-2-7-11-14/h3-5,8-9,14,26H,1-2,6-7,10-12H2,(H,22,24)(H,23,25). The van der Waals surface area contributed by atoms with Gasteiger partial charge in [0.25, 0.3) is 0 Å². The van der Waals surface area contributed by atoms with Crippen LogP contribution in [0.5, 0.6) is 0 Å². The maximum Gasteiger partial charge on any atom is 0.423 e. The SMILES string of the molecule is O=C(NCC(O)(c1ccccc1)C(F)(F)F)C(=O)NC1CCCCCC1. The van der Waals surface area contributed by atoms with Gasteiger partial charge in [-0.2, -0.15) is 13.2 Å². The van der Waals surface area contributed by atoms with Crippen molar-refractivity contribution in [3.63, 3.8) is 0 Å². The molecule has 0 saturated heterocycles. The van der Waals surface area contributed by atoms with Gasteiger partial charge in [0.15, 0.2) is 0 Å². The van der Waals surface area contributed by atoms with Crippen LogP contribution in [0, 0.1) is 0 Å². The first-order valence-electron chi connectivity index (χ1n) is 8.67. The number of rotatable bonds is 4. The Kier molecular flexibility index (Phi) is 6.63. The summed E-state index contributed by atoms with van der Waals surface area (Å²) >= 11 is 0. The van der Waals surface area contributed by atoms with Crippen LogP contribution in [-0.2, 0) is 15.2 Å². The minimum atomic E-state index is -5.01. The molecule has 0 spiro atoms. The normalized spacial score (nSPS) is 18.5. The molecule has 2 rings (SSSR count). The number of nitrogens with one attached hydrogen (secondary N) is 2. The van der Waals surface area contributed by atoms with Gasteiger partial charge < -0.3 is 15.7 Å². The minimum absolute atomic E-state index is 0.147. The lowest BCUT2D eigenvalue weighted by atomic mass is 9.93. The second kappa shape index (κ2) is 8.53. The van der Waals surface area contributed by atoms with Crippen molar-refractivity contribution in [2.45, 2.75) is 56.3 Å². The Balaban J connectivity index is 1.99. The van der Waals surface area contributed by atoms with Crippen molar-refractivity contribution in [3.05, 3.63) is 35.9 Å². The number of hydrogen-bond donors (Lipinski definition) is 3. The summed E-state index contributed by atoms with van der Waals surface area (Å²) in [6.45, 7) is -1.14. The van der Waals surface area contributed by atoms with Crippen molar-refractivity contribution in [2.24, 2.45) is 0 Å². The summed E-state index contributed by atoms with van der Waals surface area (Å²) in [6, 6.07) is 6.31. The second-order valence-electron chi connectivity index (χ2n) is 6.57. The van der Waals surface area contributed by atoms with Crippen LogP contribution < -0.4 is 10.6 Å². The Labute approximate surface area is 150 Å². The summed E-state index contributed by atoms with van der Waals surface area (Å²) in [5.41, 5.74) is -3.68. The molecule has 5 nitrogen and oxygen atoms in total. The lowest BCUT2D eigenvalue weighted by Gasteiger charge is -2.31. The fraction of sp³-hybridized carbons (Fsp3) is 0.556. The molecule has 1 aliphatic carbocycles. The van der Waals surface area contributed by atoms with Crippen molar-refractivity contribution in [2.75, 3.05) is 6.54 Å². The van der Waals surface area contributed by atoms with E-state index in [9.17, 15) is 27.9 Å². The molecular formula is C18H23F3N2O3. The van der Waals surface area contributed by atoms with Crippen LogP contribution in [0.3, 0.4) is 0 Å². The van der Waals surface area contributed by atoms with Crippen LogP contribution in [0.1, 0.15) is 44.1 Å². The third kappa shape index (κ3) is 4.97. The Morgan fingerprint density at radius 2 is 1.58 bits per heavy atom. The van der Waals surface area contributed by atoms with Crippen molar-refractivity contribution >= 4 is 11.8 Å². The molecule has 1 aromatic carbocycles. The highest BCUT2D eigenvalue weighted by molar-refractivity contribution is 6.35. The van der Waals surface area contributed by atoms with Gasteiger partial charge in [-0.15, -0.1) is 0 Å². The van der Waals surface area contributed by atoms with E-state index in [-0.39, 0.29) is 6.04 Å². The number of alkyl halides is 3. The highest BCUT2D eigenvalue weighted by Gasteiger charge is 2.55. The molecular weight excluding hydrogens is 349 g/mol. The molecule has 1 aliphatic rings. The van der Waals surface area contributed by atoms with Gasteiger partial charge in [0.05, 0.1) is 6.54 Å². The van der Waals surface area contributed by atoms with E-state index >= 15 is 0 Å². The molecule has 2 amide bonds. The van der Waals surface area contributed by atoms with Crippen LogP contribution >= 0.6 is 0 Å². The largest absolute Gasteiger partial charge is 0.423 e. The molecule has 0 bridgehead atoms.